The lowest BCUT2D eigenvalue weighted by Gasteiger charge is -2.26. The third-order valence-corrected chi connectivity index (χ3v) is 4.42. The fourth-order valence-corrected chi connectivity index (χ4v) is 2.84. The predicted octanol–water partition coefficient (Wildman–Crippen LogP) is 1.93. The molecule has 1 heterocycles. The molecular formula is C19H34IN5O. The van der Waals surface area contributed by atoms with Crippen LogP contribution in [0, 0.1) is 0 Å². The standard InChI is InChI=1S/C19H33N5O.HI/c1-23(2)18-8-6-17(7-9-18)5-3-10-21-19(20)22-11-4-12-24-13-15-25-16-14-24;/h6-9H,3-5,10-16H2,1-2H3,(H3,20,21,22);1H. The molecule has 1 fully saturated rings. The fraction of sp³-hybridized carbons (Fsp3) is 0.632. The van der Waals surface area contributed by atoms with Crippen LogP contribution in [0.15, 0.2) is 29.3 Å². The number of benzene rings is 1. The molecule has 6 nitrogen and oxygen atoms in total. The number of nitrogens with two attached hydrogens (primary N) is 1. The number of hydrogen-bond donors (Lipinski definition) is 2. The van der Waals surface area contributed by atoms with Crippen molar-refractivity contribution in [2.75, 3.05) is 64.9 Å². The molecule has 26 heavy (non-hydrogen) atoms. The number of aliphatic imine (C=N–C) groups is 1. The summed E-state index contributed by atoms with van der Waals surface area (Å²) in [4.78, 5) is 8.95. The van der Waals surface area contributed by atoms with Crippen molar-refractivity contribution in [2.24, 2.45) is 10.7 Å². The van der Waals surface area contributed by atoms with Crippen LogP contribution in [0.4, 0.5) is 5.69 Å². The van der Waals surface area contributed by atoms with E-state index in [0.717, 1.165) is 65.2 Å². The average Bonchev–Trinajstić information content (AvgIpc) is 2.63. The first kappa shape index (κ1) is 23.0. The number of aryl methyl sites for hydroxylation is 1. The number of hydrogen-bond acceptors (Lipinski definition) is 4. The molecule has 0 atom stereocenters. The summed E-state index contributed by atoms with van der Waals surface area (Å²) in [5.41, 5.74) is 8.50. The number of rotatable bonds is 9. The number of nitrogens with one attached hydrogen (secondary N) is 1. The van der Waals surface area contributed by atoms with E-state index in [-0.39, 0.29) is 24.0 Å². The third-order valence-electron chi connectivity index (χ3n) is 4.42. The lowest BCUT2D eigenvalue weighted by molar-refractivity contribution is 0.0376. The third kappa shape index (κ3) is 9.05. The first-order chi connectivity index (χ1) is 12.1. The first-order valence-corrected chi connectivity index (χ1v) is 9.25. The Hall–Kier alpha value is -1.06. The van der Waals surface area contributed by atoms with Crippen molar-refractivity contribution >= 4 is 35.6 Å². The van der Waals surface area contributed by atoms with Gasteiger partial charge in [-0.3, -0.25) is 9.89 Å². The monoisotopic (exact) mass is 475 g/mol. The van der Waals surface area contributed by atoms with Crippen molar-refractivity contribution in [3.05, 3.63) is 29.8 Å². The summed E-state index contributed by atoms with van der Waals surface area (Å²) in [6.07, 6.45) is 3.12. The number of halogens is 1. The van der Waals surface area contributed by atoms with Gasteiger partial charge in [0.1, 0.15) is 0 Å². The summed E-state index contributed by atoms with van der Waals surface area (Å²) in [5.74, 6) is 0.560. The Kier molecular flexibility index (Phi) is 11.6. The number of ether oxygens (including phenoxy) is 1. The molecule has 148 valence electrons. The van der Waals surface area contributed by atoms with Crippen molar-refractivity contribution in [1.29, 1.82) is 0 Å². The first-order valence-electron chi connectivity index (χ1n) is 9.25. The molecule has 0 aromatic heterocycles. The highest BCUT2D eigenvalue weighted by molar-refractivity contribution is 14.0. The fourth-order valence-electron chi connectivity index (χ4n) is 2.84. The van der Waals surface area contributed by atoms with E-state index >= 15 is 0 Å². The Bertz CT molecular complexity index is 515. The topological polar surface area (TPSA) is 66.1 Å². The second kappa shape index (κ2) is 13.2. The zero-order valence-electron chi connectivity index (χ0n) is 16.1. The smallest absolute Gasteiger partial charge is 0.188 e. The quantitative estimate of drug-likeness (QED) is 0.247. The zero-order chi connectivity index (χ0) is 17.9. The van der Waals surface area contributed by atoms with Gasteiger partial charge < -0.3 is 20.7 Å². The zero-order valence-corrected chi connectivity index (χ0v) is 18.4. The maximum atomic E-state index is 5.93. The van der Waals surface area contributed by atoms with Gasteiger partial charge in [0.05, 0.1) is 13.2 Å². The van der Waals surface area contributed by atoms with E-state index in [1.165, 1.54) is 11.3 Å². The van der Waals surface area contributed by atoms with E-state index in [1.54, 1.807) is 0 Å². The molecule has 1 aromatic rings. The van der Waals surface area contributed by atoms with Gasteiger partial charge in [0.15, 0.2) is 5.96 Å². The maximum Gasteiger partial charge on any atom is 0.188 e. The van der Waals surface area contributed by atoms with Crippen LogP contribution in [0.5, 0.6) is 0 Å². The van der Waals surface area contributed by atoms with Crippen LogP contribution in [0.1, 0.15) is 18.4 Å². The van der Waals surface area contributed by atoms with Crippen LogP contribution in [-0.4, -0.2) is 70.9 Å². The van der Waals surface area contributed by atoms with Gasteiger partial charge >= 0.3 is 0 Å². The molecule has 3 N–H and O–H groups in total. The molecule has 0 saturated carbocycles. The summed E-state index contributed by atoms with van der Waals surface area (Å²) >= 11 is 0. The van der Waals surface area contributed by atoms with Gasteiger partial charge in [-0.05, 0) is 43.5 Å². The molecule has 0 spiro atoms. The SMILES string of the molecule is CN(C)c1ccc(CCCN=C(N)NCCCN2CCOCC2)cc1.I. The molecule has 7 heteroatoms. The van der Waals surface area contributed by atoms with E-state index in [1.807, 2.05) is 0 Å². The molecule has 0 bridgehead atoms. The summed E-state index contributed by atoms with van der Waals surface area (Å²) < 4.78 is 5.35. The molecule has 0 radical (unpaired) electrons. The number of anilines is 1. The second-order valence-corrected chi connectivity index (χ2v) is 6.67. The Morgan fingerprint density at radius 3 is 2.54 bits per heavy atom. The summed E-state index contributed by atoms with van der Waals surface area (Å²) in [6.45, 7) is 6.52. The van der Waals surface area contributed by atoms with Gasteiger partial charge in [0, 0.05) is 46.0 Å². The molecule has 2 rings (SSSR count). The Morgan fingerprint density at radius 2 is 1.88 bits per heavy atom. The van der Waals surface area contributed by atoms with Gasteiger partial charge in [-0.2, -0.15) is 0 Å². The summed E-state index contributed by atoms with van der Waals surface area (Å²) in [5, 5.41) is 3.21. The van der Waals surface area contributed by atoms with E-state index < -0.39 is 0 Å². The van der Waals surface area contributed by atoms with Crippen LogP contribution < -0.4 is 16.0 Å². The van der Waals surface area contributed by atoms with Crippen LogP contribution >= 0.6 is 24.0 Å². The van der Waals surface area contributed by atoms with Crippen LogP contribution in [-0.2, 0) is 11.2 Å². The summed E-state index contributed by atoms with van der Waals surface area (Å²) in [7, 11) is 4.11. The molecular weight excluding hydrogens is 441 g/mol. The molecule has 0 amide bonds. The minimum absolute atomic E-state index is 0. The Morgan fingerprint density at radius 1 is 1.19 bits per heavy atom. The molecule has 1 aliphatic rings. The number of morpholine rings is 1. The van der Waals surface area contributed by atoms with E-state index in [9.17, 15) is 0 Å². The van der Waals surface area contributed by atoms with Gasteiger partial charge in [0.25, 0.3) is 0 Å². The van der Waals surface area contributed by atoms with E-state index in [4.69, 9.17) is 10.5 Å². The minimum atomic E-state index is 0. The molecule has 0 unspecified atom stereocenters. The van der Waals surface area contributed by atoms with Crippen LogP contribution in [0.3, 0.4) is 0 Å². The molecule has 1 aliphatic heterocycles. The maximum absolute atomic E-state index is 5.93. The van der Waals surface area contributed by atoms with Crippen molar-refractivity contribution in [3.63, 3.8) is 0 Å². The molecule has 0 aliphatic carbocycles. The van der Waals surface area contributed by atoms with E-state index in [2.05, 4.69) is 58.5 Å². The predicted molar refractivity (Wildman–Crippen MR) is 121 cm³/mol. The second-order valence-electron chi connectivity index (χ2n) is 6.67. The average molecular weight is 475 g/mol. The van der Waals surface area contributed by atoms with Gasteiger partial charge in [-0.25, -0.2) is 0 Å². The minimum Gasteiger partial charge on any atom is -0.379 e. The van der Waals surface area contributed by atoms with Gasteiger partial charge in [-0.15, -0.1) is 24.0 Å². The molecule has 1 aromatic carbocycles. The van der Waals surface area contributed by atoms with Crippen molar-refractivity contribution in [1.82, 2.24) is 10.2 Å². The van der Waals surface area contributed by atoms with Crippen LogP contribution in [0.25, 0.3) is 0 Å². The molecule has 1 saturated heterocycles. The largest absolute Gasteiger partial charge is 0.379 e. The number of guanidine groups is 1. The highest BCUT2D eigenvalue weighted by atomic mass is 127. The summed E-state index contributed by atoms with van der Waals surface area (Å²) in [6, 6.07) is 8.69. The van der Waals surface area contributed by atoms with Crippen molar-refractivity contribution < 1.29 is 4.74 Å². The Labute approximate surface area is 175 Å². The van der Waals surface area contributed by atoms with Gasteiger partial charge in [0.2, 0.25) is 0 Å². The highest BCUT2D eigenvalue weighted by Crippen LogP contribution is 2.13. The lowest BCUT2D eigenvalue weighted by Crippen LogP contribution is -2.39. The van der Waals surface area contributed by atoms with E-state index in [0.29, 0.717) is 5.96 Å². The van der Waals surface area contributed by atoms with Crippen LogP contribution in [0.2, 0.25) is 0 Å². The van der Waals surface area contributed by atoms with Gasteiger partial charge in [-0.1, -0.05) is 12.1 Å². The van der Waals surface area contributed by atoms with Crippen molar-refractivity contribution in [2.45, 2.75) is 19.3 Å². The number of nitrogens with zero attached hydrogens (tertiary/aromatic N) is 3. The highest BCUT2D eigenvalue weighted by Gasteiger charge is 2.08. The van der Waals surface area contributed by atoms with Crippen molar-refractivity contribution in [3.8, 4) is 0 Å². The normalized spacial score (nSPS) is 15.4. The lowest BCUT2D eigenvalue weighted by atomic mass is 10.1. The Balaban J connectivity index is 0.00000338.